The maximum Gasteiger partial charge on any atom is 0.349 e. The summed E-state index contributed by atoms with van der Waals surface area (Å²) in [7, 11) is 2.80. The summed E-state index contributed by atoms with van der Waals surface area (Å²) in [4.78, 5) is 51.1. The molecule has 37 heavy (non-hydrogen) atoms. The lowest BCUT2D eigenvalue weighted by atomic mass is 10.1. The van der Waals surface area contributed by atoms with Crippen molar-refractivity contribution in [2.75, 3.05) is 19.5 Å². The number of carbonyl (C=O) groups is 4. The molecule has 0 aromatic heterocycles. The molecule has 0 saturated heterocycles. The van der Waals surface area contributed by atoms with Crippen molar-refractivity contribution in [1.82, 2.24) is 0 Å². The van der Waals surface area contributed by atoms with Crippen LogP contribution < -0.4 is 14.8 Å². The van der Waals surface area contributed by atoms with Gasteiger partial charge in [-0.25, -0.2) is 14.4 Å². The van der Waals surface area contributed by atoms with Crippen molar-refractivity contribution in [1.29, 1.82) is 0 Å². The highest BCUT2D eigenvalue weighted by Gasteiger charge is 2.41. The van der Waals surface area contributed by atoms with Crippen LogP contribution in [0.4, 0.5) is 5.69 Å². The van der Waals surface area contributed by atoms with Gasteiger partial charge in [-0.1, -0.05) is 30.3 Å². The van der Waals surface area contributed by atoms with Gasteiger partial charge in [0.25, 0.3) is 5.91 Å². The number of nitrogens with one attached hydrogen (secondary N) is 1. The van der Waals surface area contributed by atoms with E-state index in [4.69, 9.17) is 18.9 Å². The summed E-state index contributed by atoms with van der Waals surface area (Å²) in [6, 6.07) is 18.4. The molecule has 2 N–H and O–H groups in total. The SMILES string of the molecule is COc1cccc(C(=O)O[C@H](C(=O)O)[C@@H](OC(=O)c2cccc(OC)c2)C(=O)Nc2ccccc2C)c1. The quantitative estimate of drug-likeness (QED) is 0.395. The van der Waals surface area contributed by atoms with E-state index in [1.54, 1.807) is 43.3 Å². The zero-order chi connectivity index (χ0) is 26.9. The van der Waals surface area contributed by atoms with Gasteiger partial charge in [0.2, 0.25) is 12.2 Å². The summed E-state index contributed by atoms with van der Waals surface area (Å²) >= 11 is 0. The van der Waals surface area contributed by atoms with Gasteiger partial charge in [-0.3, -0.25) is 4.79 Å². The minimum atomic E-state index is -2.17. The second kappa shape index (κ2) is 12.2. The van der Waals surface area contributed by atoms with E-state index in [0.29, 0.717) is 22.7 Å². The number of para-hydroxylation sites is 1. The first-order valence-electron chi connectivity index (χ1n) is 11.0. The number of ether oxygens (including phenoxy) is 4. The topological polar surface area (TPSA) is 137 Å². The smallest absolute Gasteiger partial charge is 0.349 e. The van der Waals surface area contributed by atoms with E-state index >= 15 is 0 Å². The van der Waals surface area contributed by atoms with E-state index in [1.165, 1.54) is 50.6 Å². The van der Waals surface area contributed by atoms with Crippen LogP contribution in [0.1, 0.15) is 26.3 Å². The highest BCUT2D eigenvalue weighted by atomic mass is 16.6. The average Bonchev–Trinajstić information content (AvgIpc) is 2.91. The molecular weight excluding hydrogens is 482 g/mol. The fourth-order valence-electron chi connectivity index (χ4n) is 3.28. The summed E-state index contributed by atoms with van der Waals surface area (Å²) in [6.45, 7) is 1.73. The van der Waals surface area contributed by atoms with Crippen LogP contribution >= 0.6 is 0 Å². The standard InChI is InChI=1S/C27H25NO9/c1-16-8-4-5-13-21(16)28-24(29)22(36-26(32)17-9-6-11-19(14-17)34-2)23(25(30)31)37-27(33)18-10-7-12-20(15-18)35-3/h4-15,22-23H,1-3H3,(H,28,29)(H,30,31)/t22-,23+/m1/s1. The van der Waals surface area contributed by atoms with Crippen molar-refractivity contribution in [2.45, 2.75) is 19.1 Å². The molecule has 1 amide bonds. The van der Waals surface area contributed by atoms with E-state index < -0.39 is 36.0 Å². The Hall–Kier alpha value is -4.86. The molecule has 3 aromatic rings. The van der Waals surface area contributed by atoms with Gasteiger partial charge in [0.15, 0.2) is 0 Å². The Kier molecular flexibility index (Phi) is 8.82. The molecule has 192 valence electrons. The van der Waals surface area contributed by atoms with Gasteiger partial charge < -0.3 is 29.4 Å². The zero-order valence-corrected chi connectivity index (χ0v) is 20.3. The number of anilines is 1. The molecule has 0 unspecified atom stereocenters. The van der Waals surface area contributed by atoms with Crippen LogP contribution in [0.25, 0.3) is 0 Å². The van der Waals surface area contributed by atoms with Crippen LogP contribution in [-0.4, -0.2) is 55.3 Å². The van der Waals surface area contributed by atoms with Gasteiger partial charge >= 0.3 is 17.9 Å². The van der Waals surface area contributed by atoms with E-state index in [1.807, 2.05) is 0 Å². The Morgan fingerprint density at radius 1 is 0.730 bits per heavy atom. The fourth-order valence-corrected chi connectivity index (χ4v) is 3.28. The van der Waals surface area contributed by atoms with Crippen molar-refractivity contribution >= 4 is 29.5 Å². The van der Waals surface area contributed by atoms with E-state index in [-0.39, 0.29) is 11.1 Å². The lowest BCUT2D eigenvalue weighted by Gasteiger charge is -2.24. The first-order chi connectivity index (χ1) is 17.7. The predicted octanol–water partition coefficient (Wildman–Crippen LogP) is 3.49. The normalized spacial score (nSPS) is 12.0. The fraction of sp³-hybridized carbons (Fsp3) is 0.185. The van der Waals surface area contributed by atoms with Crippen molar-refractivity contribution in [3.63, 3.8) is 0 Å². The second-order valence-corrected chi connectivity index (χ2v) is 7.76. The number of benzene rings is 3. The van der Waals surface area contributed by atoms with Gasteiger partial charge in [-0.2, -0.15) is 0 Å². The molecule has 0 fully saturated rings. The van der Waals surface area contributed by atoms with E-state index in [2.05, 4.69) is 5.32 Å². The van der Waals surface area contributed by atoms with Crippen LogP contribution in [-0.2, 0) is 19.1 Å². The van der Waals surface area contributed by atoms with Gasteiger partial charge in [0, 0.05) is 5.69 Å². The van der Waals surface area contributed by atoms with Gasteiger partial charge in [0.1, 0.15) is 11.5 Å². The largest absolute Gasteiger partial charge is 0.497 e. The summed E-state index contributed by atoms with van der Waals surface area (Å²) in [6.07, 6.45) is -4.21. The summed E-state index contributed by atoms with van der Waals surface area (Å²) in [5, 5.41) is 12.4. The Labute approximate surface area is 212 Å². The highest BCUT2D eigenvalue weighted by molar-refractivity contribution is 6.02. The first kappa shape index (κ1) is 26.7. The van der Waals surface area contributed by atoms with Gasteiger partial charge in [-0.15, -0.1) is 0 Å². The van der Waals surface area contributed by atoms with E-state index in [0.717, 1.165) is 0 Å². The highest BCUT2D eigenvalue weighted by Crippen LogP contribution is 2.20. The molecule has 2 atom stereocenters. The minimum absolute atomic E-state index is 0.00342. The average molecular weight is 507 g/mol. The summed E-state index contributed by atoms with van der Waals surface area (Å²) in [5.41, 5.74) is 1.01. The lowest BCUT2D eigenvalue weighted by molar-refractivity contribution is -0.157. The number of carboxylic acid groups (broad SMARTS) is 1. The molecule has 0 aliphatic carbocycles. The van der Waals surface area contributed by atoms with Crippen molar-refractivity contribution < 1.29 is 43.2 Å². The summed E-state index contributed by atoms with van der Waals surface area (Å²) < 4.78 is 20.7. The van der Waals surface area contributed by atoms with Crippen LogP contribution in [0.15, 0.2) is 72.8 Å². The number of esters is 2. The van der Waals surface area contributed by atoms with Gasteiger partial charge in [-0.05, 0) is 55.0 Å². The second-order valence-electron chi connectivity index (χ2n) is 7.76. The van der Waals surface area contributed by atoms with Crippen molar-refractivity contribution in [2.24, 2.45) is 0 Å². The predicted molar refractivity (Wildman–Crippen MR) is 132 cm³/mol. The van der Waals surface area contributed by atoms with Crippen molar-refractivity contribution in [3.05, 3.63) is 89.5 Å². The molecule has 0 radical (unpaired) electrons. The van der Waals surface area contributed by atoms with Crippen LogP contribution in [0.2, 0.25) is 0 Å². The number of hydrogen-bond acceptors (Lipinski definition) is 8. The third-order valence-electron chi connectivity index (χ3n) is 5.26. The minimum Gasteiger partial charge on any atom is -0.497 e. The molecule has 0 aliphatic rings. The number of hydrogen-bond donors (Lipinski definition) is 2. The Bertz CT molecular complexity index is 1300. The third-order valence-corrected chi connectivity index (χ3v) is 5.26. The molecule has 3 aromatic carbocycles. The number of aliphatic carboxylic acids is 1. The number of methoxy groups -OCH3 is 2. The maximum absolute atomic E-state index is 13.2. The number of carbonyl (C=O) groups excluding carboxylic acids is 3. The molecular formula is C27H25NO9. The maximum atomic E-state index is 13.2. The number of carboxylic acids is 1. The Balaban J connectivity index is 1.94. The molecule has 0 heterocycles. The Morgan fingerprint density at radius 2 is 1.24 bits per heavy atom. The van der Waals surface area contributed by atoms with Crippen LogP contribution in [0.3, 0.4) is 0 Å². The molecule has 0 saturated carbocycles. The molecule has 10 heteroatoms. The van der Waals surface area contributed by atoms with Crippen LogP contribution in [0, 0.1) is 6.92 Å². The molecule has 0 bridgehead atoms. The molecule has 10 nitrogen and oxygen atoms in total. The number of rotatable bonds is 10. The summed E-state index contributed by atoms with van der Waals surface area (Å²) in [5.74, 6) is -4.10. The van der Waals surface area contributed by atoms with Crippen LogP contribution in [0.5, 0.6) is 11.5 Å². The number of aryl methyl sites for hydroxylation is 1. The molecule has 0 aliphatic heterocycles. The molecule has 0 spiro atoms. The van der Waals surface area contributed by atoms with Crippen molar-refractivity contribution in [3.8, 4) is 11.5 Å². The monoisotopic (exact) mass is 507 g/mol. The number of amides is 1. The molecule has 3 rings (SSSR count). The first-order valence-corrected chi connectivity index (χ1v) is 11.0. The van der Waals surface area contributed by atoms with Gasteiger partial charge in [0.05, 0.1) is 25.3 Å². The van der Waals surface area contributed by atoms with E-state index in [9.17, 15) is 24.3 Å². The Morgan fingerprint density at radius 3 is 1.73 bits per heavy atom. The zero-order valence-electron chi connectivity index (χ0n) is 20.3. The lowest BCUT2D eigenvalue weighted by Crippen LogP contribution is -2.48. The third kappa shape index (κ3) is 6.85.